The number of nitrogens with two attached hydrogens (primary N) is 1. The lowest BCUT2D eigenvalue weighted by Crippen LogP contribution is -2.31. The molecule has 1 amide bonds. The highest BCUT2D eigenvalue weighted by molar-refractivity contribution is 5.96. The molecule has 0 unspecified atom stereocenters. The molecule has 1 saturated carbocycles. The lowest BCUT2D eigenvalue weighted by Gasteiger charge is -2.23. The first kappa shape index (κ1) is 15.6. The summed E-state index contributed by atoms with van der Waals surface area (Å²) in [6.07, 6.45) is 5.14. The number of aryl methyl sites for hydroxylation is 1. The van der Waals surface area contributed by atoms with Crippen molar-refractivity contribution in [1.82, 2.24) is 0 Å². The van der Waals surface area contributed by atoms with E-state index >= 15 is 0 Å². The van der Waals surface area contributed by atoms with Gasteiger partial charge in [-0.2, -0.15) is 0 Å². The van der Waals surface area contributed by atoms with Gasteiger partial charge in [0.05, 0.1) is 6.54 Å². The molecule has 2 rings (SSSR count). The third-order valence-electron chi connectivity index (χ3n) is 4.32. The molecule has 3 nitrogen and oxygen atoms in total. The molecule has 0 radical (unpaired) electrons. The van der Waals surface area contributed by atoms with E-state index in [1.54, 1.807) is 0 Å². The highest BCUT2D eigenvalue weighted by atomic mass is 16.2. The molecule has 3 heteroatoms. The van der Waals surface area contributed by atoms with Gasteiger partial charge in [0.25, 0.3) is 0 Å². The maximum atomic E-state index is 12.5. The Kier molecular flexibility index (Phi) is 5.03. The van der Waals surface area contributed by atoms with E-state index in [9.17, 15) is 4.79 Å². The fourth-order valence-electron chi connectivity index (χ4n) is 2.89. The number of rotatable bonds is 3. The van der Waals surface area contributed by atoms with Crippen molar-refractivity contribution in [3.8, 4) is 11.8 Å². The predicted molar refractivity (Wildman–Crippen MR) is 87.0 cm³/mol. The zero-order chi connectivity index (χ0) is 15.3. The fraction of sp³-hybridized carbons (Fsp3) is 0.500. The number of nitrogens with one attached hydrogen (secondary N) is 1. The Bertz CT molecular complexity index is 575. The third kappa shape index (κ3) is 3.65. The molecule has 0 aliphatic heterocycles. The fourth-order valence-corrected chi connectivity index (χ4v) is 2.89. The summed E-state index contributed by atoms with van der Waals surface area (Å²) < 4.78 is 0. The van der Waals surface area contributed by atoms with E-state index in [2.05, 4.69) is 31.0 Å². The molecule has 112 valence electrons. The number of hydrogen-bond acceptors (Lipinski definition) is 2. The molecule has 1 aliphatic carbocycles. The summed E-state index contributed by atoms with van der Waals surface area (Å²) >= 11 is 0. The Balaban J connectivity index is 2.18. The van der Waals surface area contributed by atoms with E-state index < -0.39 is 0 Å². The van der Waals surface area contributed by atoms with Crippen molar-refractivity contribution < 1.29 is 4.79 Å². The van der Waals surface area contributed by atoms with Crippen molar-refractivity contribution in [2.75, 3.05) is 11.9 Å². The third-order valence-corrected chi connectivity index (χ3v) is 4.32. The SMILES string of the molecule is CCc1cc(C#CCN)ccc1NC(=O)C1(C)CCCC1. The molecule has 0 heterocycles. The zero-order valence-electron chi connectivity index (χ0n) is 13.0. The predicted octanol–water partition coefficient (Wildman–Crippen LogP) is 3.08. The van der Waals surface area contributed by atoms with Crippen LogP contribution >= 0.6 is 0 Å². The largest absolute Gasteiger partial charge is 0.325 e. The number of amides is 1. The Morgan fingerprint density at radius 2 is 2.10 bits per heavy atom. The number of hydrogen-bond donors (Lipinski definition) is 2. The van der Waals surface area contributed by atoms with E-state index in [0.717, 1.165) is 48.9 Å². The van der Waals surface area contributed by atoms with Crippen LogP contribution in [-0.2, 0) is 11.2 Å². The number of carbonyl (C=O) groups excluding carboxylic acids is 1. The van der Waals surface area contributed by atoms with Gasteiger partial charge < -0.3 is 11.1 Å². The van der Waals surface area contributed by atoms with Crippen LogP contribution in [0.15, 0.2) is 18.2 Å². The van der Waals surface area contributed by atoms with Crippen LogP contribution in [0.2, 0.25) is 0 Å². The van der Waals surface area contributed by atoms with Gasteiger partial charge in [-0.1, -0.05) is 38.5 Å². The van der Waals surface area contributed by atoms with Gasteiger partial charge in [0.2, 0.25) is 5.91 Å². The summed E-state index contributed by atoms with van der Waals surface area (Å²) in [5, 5.41) is 3.12. The molecule has 0 saturated heterocycles. The highest BCUT2D eigenvalue weighted by Crippen LogP contribution is 2.38. The summed E-state index contributed by atoms with van der Waals surface area (Å²) in [7, 11) is 0. The summed E-state index contributed by atoms with van der Waals surface area (Å²) in [6.45, 7) is 4.52. The van der Waals surface area contributed by atoms with Gasteiger partial charge in [0, 0.05) is 16.7 Å². The van der Waals surface area contributed by atoms with Gasteiger partial charge in [0.1, 0.15) is 0 Å². The van der Waals surface area contributed by atoms with Gasteiger partial charge in [-0.15, -0.1) is 0 Å². The first-order valence-corrected chi connectivity index (χ1v) is 7.72. The van der Waals surface area contributed by atoms with Crippen LogP contribution in [0.4, 0.5) is 5.69 Å². The van der Waals surface area contributed by atoms with Crippen LogP contribution in [-0.4, -0.2) is 12.5 Å². The minimum absolute atomic E-state index is 0.149. The molecule has 1 fully saturated rings. The van der Waals surface area contributed by atoms with Gasteiger partial charge in [-0.25, -0.2) is 0 Å². The van der Waals surface area contributed by atoms with Gasteiger partial charge >= 0.3 is 0 Å². The first-order valence-electron chi connectivity index (χ1n) is 7.72. The molecule has 1 aromatic carbocycles. The molecule has 0 bridgehead atoms. The van der Waals surface area contributed by atoms with Gasteiger partial charge in [0.15, 0.2) is 0 Å². The van der Waals surface area contributed by atoms with Crippen molar-refractivity contribution in [2.24, 2.45) is 11.1 Å². The average Bonchev–Trinajstić information content (AvgIpc) is 2.94. The molecule has 1 aliphatic rings. The van der Waals surface area contributed by atoms with Gasteiger partial charge in [-0.05, 0) is 43.0 Å². The first-order chi connectivity index (χ1) is 10.1. The molecule has 0 aromatic heterocycles. The van der Waals surface area contributed by atoms with Crippen molar-refractivity contribution in [3.05, 3.63) is 29.3 Å². The molecule has 21 heavy (non-hydrogen) atoms. The van der Waals surface area contributed by atoms with Crippen LogP contribution in [0, 0.1) is 17.3 Å². The topological polar surface area (TPSA) is 55.1 Å². The quantitative estimate of drug-likeness (QED) is 0.838. The van der Waals surface area contributed by atoms with Crippen LogP contribution in [0.1, 0.15) is 50.7 Å². The molecule has 3 N–H and O–H groups in total. The van der Waals surface area contributed by atoms with Crippen molar-refractivity contribution in [3.63, 3.8) is 0 Å². The lowest BCUT2D eigenvalue weighted by molar-refractivity contribution is -0.124. The Hall–Kier alpha value is -1.79. The monoisotopic (exact) mass is 284 g/mol. The van der Waals surface area contributed by atoms with Gasteiger partial charge in [-0.3, -0.25) is 4.79 Å². The second-order valence-electron chi connectivity index (χ2n) is 5.95. The Labute approximate surface area is 127 Å². The van der Waals surface area contributed by atoms with E-state index in [-0.39, 0.29) is 11.3 Å². The number of anilines is 1. The normalized spacial score (nSPS) is 16.1. The second-order valence-corrected chi connectivity index (χ2v) is 5.95. The lowest BCUT2D eigenvalue weighted by atomic mass is 9.87. The minimum atomic E-state index is -0.205. The summed E-state index contributed by atoms with van der Waals surface area (Å²) in [5.41, 5.74) is 8.17. The highest BCUT2D eigenvalue weighted by Gasteiger charge is 2.36. The smallest absolute Gasteiger partial charge is 0.230 e. The standard InChI is InChI=1S/C18H24N2O/c1-3-15-13-14(7-6-12-19)8-9-16(15)20-17(21)18(2)10-4-5-11-18/h8-9,13H,3-5,10-12,19H2,1-2H3,(H,20,21). The summed E-state index contributed by atoms with van der Waals surface area (Å²) in [4.78, 5) is 12.5. The van der Waals surface area contributed by atoms with E-state index in [4.69, 9.17) is 5.73 Å². The molecule has 0 atom stereocenters. The molecule has 0 spiro atoms. The average molecular weight is 284 g/mol. The Morgan fingerprint density at radius 3 is 2.71 bits per heavy atom. The molecular weight excluding hydrogens is 260 g/mol. The zero-order valence-corrected chi connectivity index (χ0v) is 13.0. The van der Waals surface area contributed by atoms with E-state index in [0.29, 0.717) is 6.54 Å². The number of benzene rings is 1. The van der Waals surface area contributed by atoms with Crippen LogP contribution < -0.4 is 11.1 Å². The van der Waals surface area contributed by atoms with Crippen LogP contribution in [0.5, 0.6) is 0 Å². The van der Waals surface area contributed by atoms with Crippen molar-refractivity contribution in [2.45, 2.75) is 46.0 Å². The van der Waals surface area contributed by atoms with Crippen LogP contribution in [0.25, 0.3) is 0 Å². The molecular formula is C18H24N2O. The van der Waals surface area contributed by atoms with Crippen molar-refractivity contribution in [1.29, 1.82) is 0 Å². The van der Waals surface area contributed by atoms with Crippen molar-refractivity contribution >= 4 is 11.6 Å². The Morgan fingerprint density at radius 1 is 1.38 bits per heavy atom. The summed E-state index contributed by atoms with van der Waals surface area (Å²) in [5.74, 6) is 6.04. The maximum absolute atomic E-state index is 12.5. The van der Waals surface area contributed by atoms with E-state index in [1.165, 1.54) is 0 Å². The summed E-state index contributed by atoms with van der Waals surface area (Å²) in [6, 6.07) is 5.93. The maximum Gasteiger partial charge on any atom is 0.230 e. The second kappa shape index (κ2) is 6.78. The van der Waals surface area contributed by atoms with Crippen LogP contribution in [0.3, 0.4) is 0 Å². The molecule has 1 aromatic rings. The number of carbonyl (C=O) groups is 1. The minimum Gasteiger partial charge on any atom is -0.325 e. The van der Waals surface area contributed by atoms with E-state index in [1.807, 2.05) is 18.2 Å².